The van der Waals surface area contributed by atoms with Gasteiger partial charge in [0.05, 0.1) is 11.5 Å². The number of rotatable bonds is 10. The van der Waals surface area contributed by atoms with Gasteiger partial charge in [0.25, 0.3) is 11.8 Å². The van der Waals surface area contributed by atoms with Gasteiger partial charge >= 0.3 is 11.9 Å². The minimum atomic E-state index is -1.19. The molecule has 0 aliphatic carbocycles. The average molecular weight is 589 g/mol. The zero-order chi connectivity index (χ0) is 29.8. The number of nitrogens with one attached hydrogen (secondary N) is 2. The summed E-state index contributed by atoms with van der Waals surface area (Å²) in [5.74, 6) is -4.56. The maximum absolute atomic E-state index is 12.9. The normalized spacial score (nSPS) is 22.0. The molecule has 4 rings (SSSR count). The van der Waals surface area contributed by atoms with Gasteiger partial charge in [0.15, 0.2) is 0 Å². The van der Waals surface area contributed by atoms with Crippen molar-refractivity contribution < 1.29 is 39.0 Å². The Morgan fingerprint density at radius 2 is 1.15 bits per heavy atom. The minimum absolute atomic E-state index is 0.0101. The van der Waals surface area contributed by atoms with Crippen LogP contribution in [0.3, 0.4) is 0 Å². The molecule has 4 heterocycles. The standard InChI is InChI=1S/C26H32N6O8S/c1-29-7-3-5-17(29)23(35)27-15-9-19(25(37)38)31(11-15)21(33)13-41-14-22(34)32-12-16(10-20(32)26(39)40)28-24(36)18-6-4-8-30(18)2/h3-8,15-16,19-20H,9-14H2,1-2H3,(H,27,35)(H,28,36)(H,37,38)(H,39,40). The SMILES string of the molecule is Cn1cccc1C(=O)NC1CC(C(=O)O)N(C(=O)CSCC(=O)N2CC(NC(=O)c3cccn3C)CC2C(=O)O)C1. The number of carbonyl (C=O) groups excluding carboxylic acids is 4. The van der Waals surface area contributed by atoms with E-state index in [0.29, 0.717) is 11.4 Å². The van der Waals surface area contributed by atoms with Crippen molar-refractivity contribution in [2.75, 3.05) is 24.6 Å². The van der Waals surface area contributed by atoms with E-state index in [1.165, 1.54) is 9.80 Å². The molecule has 0 aromatic carbocycles. The number of aliphatic carboxylic acids is 2. The Kier molecular flexibility index (Phi) is 9.05. The van der Waals surface area contributed by atoms with Crippen LogP contribution in [0.2, 0.25) is 0 Å². The van der Waals surface area contributed by atoms with Crippen LogP contribution in [0.1, 0.15) is 33.8 Å². The van der Waals surface area contributed by atoms with Gasteiger partial charge in [-0.1, -0.05) is 0 Å². The fourth-order valence-corrected chi connectivity index (χ4v) is 5.99. The first-order valence-electron chi connectivity index (χ1n) is 12.9. The second-order valence-corrected chi connectivity index (χ2v) is 11.1. The van der Waals surface area contributed by atoms with Gasteiger partial charge in [-0.15, -0.1) is 11.8 Å². The molecule has 0 bridgehead atoms. The number of hydrogen-bond donors (Lipinski definition) is 4. The van der Waals surface area contributed by atoms with Crippen LogP contribution in [0, 0.1) is 0 Å². The monoisotopic (exact) mass is 588 g/mol. The molecule has 14 nitrogen and oxygen atoms in total. The van der Waals surface area contributed by atoms with Crippen molar-refractivity contribution in [1.29, 1.82) is 0 Å². The summed E-state index contributed by atoms with van der Waals surface area (Å²) in [5, 5.41) is 24.9. The van der Waals surface area contributed by atoms with Crippen LogP contribution in [0.15, 0.2) is 36.7 Å². The Morgan fingerprint density at radius 1 is 0.756 bits per heavy atom. The van der Waals surface area contributed by atoms with Crippen LogP contribution in [0.4, 0.5) is 0 Å². The van der Waals surface area contributed by atoms with E-state index in [4.69, 9.17) is 0 Å². The summed E-state index contributed by atoms with van der Waals surface area (Å²) in [6, 6.07) is 3.31. The summed E-state index contributed by atoms with van der Waals surface area (Å²) in [4.78, 5) is 76.9. The number of aryl methyl sites for hydroxylation is 2. The average Bonchev–Trinajstić information content (AvgIpc) is 3.70. The van der Waals surface area contributed by atoms with Crippen molar-refractivity contribution in [2.24, 2.45) is 14.1 Å². The Balaban J connectivity index is 1.29. The van der Waals surface area contributed by atoms with Crippen LogP contribution in [-0.4, -0.2) is 113 Å². The summed E-state index contributed by atoms with van der Waals surface area (Å²) in [7, 11) is 3.42. The maximum Gasteiger partial charge on any atom is 0.326 e. The number of hydrogen-bond acceptors (Lipinski definition) is 7. The molecule has 4 amide bonds. The lowest BCUT2D eigenvalue weighted by Crippen LogP contribution is -2.43. The van der Waals surface area contributed by atoms with Gasteiger partial charge < -0.3 is 39.8 Å². The van der Waals surface area contributed by atoms with Gasteiger partial charge in [0.1, 0.15) is 23.5 Å². The first-order chi connectivity index (χ1) is 19.5. The topological polar surface area (TPSA) is 183 Å². The molecule has 0 spiro atoms. The third kappa shape index (κ3) is 6.73. The third-order valence-electron chi connectivity index (χ3n) is 7.29. The maximum atomic E-state index is 12.9. The fourth-order valence-electron chi connectivity index (χ4n) is 5.20. The van der Waals surface area contributed by atoms with E-state index in [9.17, 15) is 39.0 Å². The van der Waals surface area contributed by atoms with Crippen LogP contribution in [0.25, 0.3) is 0 Å². The molecule has 4 N–H and O–H groups in total. The Morgan fingerprint density at radius 3 is 1.46 bits per heavy atom. The summed E-state index contributed by atoms with van der Waals surface area (Å²) < 4.78 is 3.26. The second-order valence-electron chi connectivity index (χ2n) is 10.1. The summed E-state index contributed by atoms with van der Waals surface area (Å²) in [6.07, 6.45) is 3.51. The second kappa shape index (κ2) is 12.5. The Labute approximate surface area is 239 Å². The van der Waals surface area contributed by atoms with E-state index < -0.39 is 47.9 Å². The number of nitrogens with zero attached hydrogens (tertiary/aromatic N) is 4. The Bertz CT molecular complexity index is 1250. The van der Waals surface area contributed by atoms with Gasteiger partial charge in [-0.25, -0.2) is 9.59 Å². The van der Waals surface area contributed by atoms with Crippen LogP contribution in [-0.2, 0) is 33.3 Å². The third-order valence-corrected chi connectivity index (χ3v) is 8.19. The molecule has 220 valence electrons. The summed E-state index contributed by atoms with van der Waals surface area (Å²) in [5.41, 5.74) is 0.804. The highest BCUT2D eigenvalue weighted by molar-refractivity contribution is 8.00. The highest BCUT2D eigenvalue weighted by Crippen LogP contribution is 2.23. The fraction of sp³-hybridized carbons (Fsp3) is 0.462. The van der Waals surface area contributed by atoms with Gasteiger partial charge in [-0.2, -0.15) is 0 Å². The molecule has 2 aliphatic heterocycles. The molecule has 2 aromatic rings. The Hall–Kier alpha value is -4.27. The number of carbonyl (C=O) groups is 6. The van der Waals surface area contributed by atoms with Crippen molar-refractivity contribution in [3.05, 3.63) is 48.0 Å². The predicted molar refractivity (Wildman–Crippen MR) is 146 cm³/mol. The van der Waals surface area contributed by atoms with E-state index in [-0.39, 0.29) is 49.3 Å². The number of carboxylic acid groups (broad SMARTS) is 2. The highest BCUT2D eigenvalue weighted by atomic mass is 32.2. The smallest absolute Gasteiger partial charge is 0.326 e. The van der Waals surface area contributed by atoms with Gasteiger partial charge in [0.2, 0.25) is 11.8 Å². The van der Waals surface area contributed by atoms with Gasteiger partial charge in [0, 0.05) is 64.5 Å². The van der Waals surface area contributed by atoms with E-state index in [2.05, 4.69) is 10.6 Å². The van der Waals surface area contributed by atoms with Gasteiger partial charge in [-0.3, -0.25) is 19.2 Å². The number of likely N-dealkylation sites (tertiary alicyclic amines) is 2. The van der Waals surface area contributed by atoms with Crippen LogP contribution in [0.5, 0.6) is 0 Å². The van der Waals surface area contributed by atoms with E-state index in [1.54, 1.807) is 59.9 Å². The molecule has 4 unspecified atom stereocenters. The minimum Gasteiger partial charge on any atom is -0.480 e. The number of carboxylic acids is 2. The quantitative estimate of drug-likeness (QED) is 0.281. The van der Waals surface area contributed by atoms with Crippen molar-refractivity contribution in [3.63, 3.8) is 0 Å². The zero-order valence-corrected chi connectivity index (χ0v) is 23.4. The lowest BCUT2D eigenvalue weighted by Gasteiger charge is -2.23. The molecule has 0 radical (unpaired) electrons. The summed E-state index contributed by atoms with van der Waals surface area (Å²) in [6.45, 7) is 0.0202. The highest BCUT2D eigenvalue weighted by Gasteiger charge is 2.42. The molecule has 4 atom stereocenters. The molecular weight excluding hydrogens is 556 g/mol. The molecule has 0 saturated carbocycles. The number of thioether (sulfide) groups is 1. The zero-order valence-electron chi connectivity index (χ0n) is 22.6. The molecule has 15 heteroatoms. The lowest BCUT2D eigenvalue weighted by molar-refractivity contribution is -0.147. The van der Waals surface area contributed by atoms with E-state index >= 15 is 0 Å². The van der Waals surface area contributed by atoms with Crippen molar-refractivity contribution >= 4 is 47.3 Å². The number of aromatic nitrogens is 2. The van der Waals surface area contributed by atoms with Crippen LogP contribution < -0.4 is 10.6 Å². The summed E-state index contributed by atoms with van der Waals surface area (Å²) >= 11 is 0.951. The molecular formula is C26H32N6O8S. The number of amides is 4. The van der Waals surface area contributed by atoms with Crippen molar-refractivity contribution in [1.82, 2.24) is 29.6 Å². The van der Waals surface area contributed by atoms with Crippen molar-refractivity contribution in [3.8, 4) is 0 Å². The van der Waals surface area contributed by atoms with Crippen LogP contribution >= 0.6 is 11.8 Å². The first-order valence-corrected chi connectivity index (χ1v) is 14.1. The lowest BCUT2D eigenvalue weighted by atomic mass is 10.1. The van der Waals surface area contributed by atoms with E-state index in [0.717, 1.165) is 11.8 Å². The molecule has 2 saturated heterocycles. The predicted octanol–water partition coefficient (Wildman–Crippen LogP) is -0.635. The van der Waals surface area contributed by atoms with Crippen molar-refractivity contribution in [2.45, 2.75) is 37.0 Å². The molecule has 2 aromatic heterocycles. The first kappa shape index (κ1) is 29.7. The molecule has 2 fully saturated rings. The molecule has 2 aliphatic rings. The van der Waals surface area contributed by atoms with E-state index in [1.807, 2.05) is 0 Å². The van der Waals surface area contributed by atoms with Gasteiger partial charge in [-0.05, 0) is 24.3 Å². The molecule has 41 heavy (non-hydrogen) atoms. The largest absolute Gasteiger partial charge is 0.480 e.